The predicted molar refractivity (Wildman–Crippen MR) is 70.1 cm³/mol. The van der Waals surface area contributed by atoms with Crippen molar-refractivity contribution in [1.29, 1.82) is 0 Å². The molecule has 0 amide bonds. The standard InChI is InChI=1S/C13H13N5/c1-8-12(16-9(2)17-13(8)14)10-4-3-5-11-15-6-7-18(10)11/h3-7H,1-2H3,(H2,14,16,17). The van der Waals surface area contributed by atoms with E-state index < -0.39 is 0 Å². The molecule has 0 aliphatic carbocycles. The van der Waals surface area contributed by atoms with Crippen molar-refractivity contribution >= 4 is 11.5 Å². The topological polar surface area (TPSA) is 69.1 Å². The van der Waals surface area contributed by atoms with Gasteiger partial charge in [0, 0.05) is 18.0 Å². The first-order chi connectivity index (χ1) is 8.66. The Kier molecular flexibility index (Phi) is 2.26. The molecule has 0 saturated heterocycles. The van der Waals surface area contributed by atoms with Crippen molar-refractivity contribution in [3.63, 3.8) is 0 Å². The van der Waals surface area contributed by atoms with Crippen LogP contribution in [0.4, 0.5) is 5.82 Å². The molecule has 0 atom stereocenters. The number of nitrogen functional groups attached to an aromatic ring is 1. The van der Waals surface area contributed by atoms with Crippen molar-refractivity contribution in [2.24, 2.45) is 0 Å². The number of hydrogen-bond acceptors (Lipinski definition) is 4. The first-order valence-corrected chi connectivity index (χ1v) is 5.70. The predicted octanol–water partition coefficient (Wildman–Crippen LogP) is 1.99. The number of aryl methyl sites for hydroxylation is 1. The number of aromatic nitrogens is 4. The highest BCUT2D eigenvalue weighted by Gasteiger charge is 2.11. The van der Waals surface area contributed by atoms with Crippen LogP contribution in [-0.4, -0.2) is 19.4 Å². The van der Waals surface area contributed by atoms with Crippen LogP contribution in [0.5, 0.6) is 0 Å². The third-order valence-corrected chi connectivity index (χ3v) is 2.97. The van der Waals surface area contributed by atoms with E-state index in [1.54, 1.807) is 6.20 Å². The first kappa shape index (κ1) is 10.7. The van der Waals surface area contributed by atoms with Gasteiger partial charge in [0.15, 0.2) is 0 Å². The number of nitrogens with zero attached hydrogens (tertiary/aromatic N) is 4. The number of anilines is 1. The molecule has 0 bridgehead atoms. The van der Waals surface area contributed by atoms with Gasteiger partial charge < -0.3 is 5.73 Å². The van der Waals surface area contributed by atoms with Crippen LogP contribution in [-0.2, 0) is 0 Å². The molecule has 5 heteroatoms. The maximum atomic E-state index is 5.90. The molecule has 0 aromatic carbocycles. The Bertz CT molecular complexity index is 729. The van der Waals surface area contributed by atoms with E-state index in [0.717, 1.165) is 22.6 Å². The first-order valence-electron chi connectivity index (χ1n) is 5.70. The largest absolute Gasteiger partial charge is 0.383 e. The van der Waals surface area contributed by atoms with E-state index in [0.29, 0.717) is 11.6 Å². The summed E-state index contributed by atoms with van der Waals surface area (Å²) >= 11 is 0. The fourth-order valence-corrected chi connectivity index (χ4v) is 2.04. The molecule has 3 heterocycles. The molecule has 0 radical (unpaired) electrons. The highest BCUT2D eigenvalue weighted by Crippen LogP contribution is 2.24. The van der Waals surface area contributed by atoms with Crippen molar-refractivity contribution in [2.75, 3.05) is 5.73 Å². The Labute approximate surface area is 104 Å². The van der Waals surface area contributed by atoms with Crippen molar-refractivity contribution in [2.45, 2.75) is 13.8 Å². The Hall–Kier alpha value is -2.43. The molecule has 0 unspecified atom stereocenters. The molecule has 5 nitrogen and oxygen atoms in total. The lowest BCUT2D eigenvalue weighted by molar-refractivity contribution is 1.03. The summed E-state index contributed by atoms with van der Waals surface area (Å²) < 4.78 is 1.99. The van der Waals surface area contributed by atoms with Crippen LogP contribution in [0.25, 0.3) is 17.0 Å². The summed E-state index contributed by atoms with van der Waals surface area (Å²) in [4.78, 5) is 12.9. The van der Waals surface area contributed by atoms with Gasteiger partial charge in [-0.25, -0.2) is 15.0 Å². The normalized spacial score (nSPS) is 11.0. The van der Waals surface area contributed by atoms with Crippen molar-refractivity contribution in [3.05, 3.63) is 42.0 Å². The summed E-state index contributed by atoms with van der Waals surface area (Å²) in [5.74, 6) is 1.19. The zero-order chi connectivity index (χ0) is 12.7. The van der Waals surface area contributed by atoms with Gasteiger partial charge in [0.1, 0.15) is 17.3 Å². The van der Waals surface area contributed by atoms with E-state index in [1.807, 2.05) is 42.6 Å². The molecular formula is C13H13N5. The third-order valence-electron chi connectivity index (χ3n) is 2.97. The summed E-state index contributed by atoms with van der Waals surface area (Å²) in [6.07, 6.45) is 3.68. The molecule has 0 aliphatic heterocycles. The van der Waals surface area contributed by atoms with E-state index in [-0.39, 0.29) is 0 Å². The molecule has 0 saturated carbocycles. The van der Waals surface area contributed by atoms with Gasteiger partial charge in [-0.1, -0.05) is 6.07 Å². The lowest BCUT2D eigenvalue weighted by Gasteiger charge is -2.10. The average molecular weight is 239 g/mol. The van der Waals surface area contributed by atoms with E-state index in [4.69, 9.17) is 5.73 Å². The lowest BCUT2D eigenvalue weighted by Crippen LogP contribution is -2.04. The van der Waals surface area contributed by atoms with Gasteiger partial charge in [0.2, 0.25) is 0 Å². The van der Waals surface area contributed by atoms with Crippen molar-refractivity contribution in [3.8, 4) is 11.4 Å². The van der Waals surface area contributed by atoms with Crippen LogP contribution >= 0.6 is 0 Å². The van der Waals surface area contributed by atoms with Crippen LogP contribution in [0.1, 0.15) is 11.4 Å². The van der Waals surface area contributed by atoms with Crippen molar-refractivity contribution in [1.82, 2.24) is 19.4 Å². The van der Waals surface area contributed by atoms with Gasteiger partial charge >= 0.3 is 0 Å². The summed E-state index contributed by atoms with van der Waals surface area (Å²) in [7, 11) is 0. The van der Waals surface area contributed by atoms with Crippen LogP contribution in [0.3, 0.4) is 0 Å². The van der Waals surface area contributed by atoms with E-state index in [2.05, 4.69) is 15.0 Å². The average Bonchev–Trinajstić information content (AvgIpc) is 2.81. The van der Waals surface area contributed by atoms with Gasteiger partial charge in [-0.15, -0.1) is 0 Å². The van der Waals surface area contributed by atoms with E-state index >= 15 is 0 Å². The Morgan fingerprint density at radius 1 is 1.17 bits per heavy atom. The number of nitrogens with two attached hydrogens (primary N) is 1. The fourth-order valence-electron chi connectivity index (χ4n) is 2.04. The van der Waals surface area contributed by atoms with E-state index in [9.17, 15) is 0 Å². The Morgan fingerprint density at radius 3 is 2.83 bits per heavy atom. The maximum Gasteiger partial charge on any atom is 0.137 e. The molecule has 0 aliphatic rings. The minimum atomic E-state index is 0.523. The quantitative estimate of drug-likeness (QED) is 0.705. The number of fused-ring (bicyclic) bond motifs is 1. The molecule has 0 fully saturated rings. The zero-order valence-corrected chi connectivity index (χ0v) is 10.3. The molecule has 3 rings (SSSR count). The molecular weight excluding hydrogens is 226 g/mol. The molecule has 3 aromatic heterocycles. The summed E-state index contributed by atoms with van der Waals surface area (Å²) in [6.45, 7) is 3.77. The Balaban J connectivity index is 2.36. The maximum absolute atomic E-state index is 5.90. The summed E-state index contributed by atoms with van der Waals surface area (Å²) in [5, 5.41) is 0. The van der Waals surface area contributed by atoms with Gasteiger partial charge in [-0.3, -0.25) is 4.40 Å². The SMILES string of the molecule is Cc1nc(N)c(C)c(-c2cccc3nccn23)n1. The molecule has 0 spiro atoms. The second-order valence-corrected chi connectivity index (χ2v) is 4.20. The number of pyridine rings is 1. The van der Waals surface area contributed by atoms with Crippen LogP contribution < -0.4 is 5.73 Å². The second kappa shape index (κ2) is 3.80. The smallest absolute Gasteiger partial charge is 0.137 e. The van der Waals surface area contributed by atoms with E-state index in [1.165, 1.54) is 0 Å². The Morgan fingerprint density at radius 2 is 2.00 bits per heavy atom. The van der Waals surface area contributed by atoms with Crippen LogP contribution in [0, 0.1) is 13.8 Å². The highest BCUT2D eigenvalue weighted by molar-refractivity contribution is 5.67. The van der Waals surface area contributed by atoms with Gasteiger partial charge in [-0.2, -0.15) is 0 Å². The lowest BCUT2D eigenvalue weighted by atomic mass is 10.1. The number of hydrogen-bond donors (Lipinski definition) is 1. The monoisotopic (exact) mass is 239 g/mol. The summed E-state index contributed by atoms with van der Waals surface area (Å²) in [6, 6.07) is 5.92. The van der Waals surface area contributed by atoms with Crippen LogP contribution in [0.15, 0.2) is 30.6 Å². The summed E-state index contributed by atoms with van der Waals surface area (Å²) in [5.41, 5.74) is 9.51. The number of imidazole rings is 1. The molecule has 90 valence electrons. The van der Waals surface area contributed by atoms with Gasteiger partial charge in [0.25, 0.3) is 0 Å². The minimum absolute atomic E-state index is 0.523. The molecule has 3 aromatic rings. The highest BCUT2D eigenvalue weighted by atomic mass is 15.0. The minimum Gasteiger partial charge on any atom is -0.383 e. The molecule has 2 N–H and O–H groups in total. The van der Waals surface area contributed by atoms with Crippen LogP contribution in [0.2, 0.25) is 0 Å². The third kappa shape index (κ3) is 1.52. The van der Waals surface area contributed by atoms with Gasteiger partial charge in [-0.05, 0) is 26.0 Å². The fraction of sp³-hybridized carbons (Fsp3) is 0.154. The van der Waals surface area contributed by atoms with Crippen molar-refractivity contribution < 1.29 is 0 Å². The molecule has 18 heavy (non-hydrogen) atoms. The zero-order valence-electron chi connectivity index (χ0n) is 10.3. The van der Waals surface area contributed by atoms with Gasteiger partial charge in [0.05, 0.1) is 11.4 Å². The number of rotatable bonds is 1. The second-order valence-electron chi connectivity index (χ2n) is 4.20.